The predicted molar refractivity (Wildman–Crippen MR) is 92.7 cm³/mol. The number of benzene rings is 1. The molecule has 0 saturated carbocycles. The molecule has 0 atom stereocenters. The lowest BCUT2D eigenvalue weighted by molar-refractivity contribution is 0.311. The first-order valence-electron chi connectivity index (χ1n) is 6.94. The number of anilines is 1. The average molecular weight is 396 g/mol. The summed E-state index contributed by atoms with van der Waals surface area (Å²) in [6, 6.07) is 9.86. The van der Waals surface area contributed by atoms with Crippen LogP contribution in [0.5, 0.6) is 0 Å². The molecule has 0 bridgehead atoms. The van der Waals surface area contributed by atoms with E-state index in [9.17, 15) is 4.79 Å². The van der Waals surface area contributed by atoms with E-state index in [1.54, 1.807) is 0 Å². The lowest BCUT2D eigenvalue weighted by atomic mass is 10.1. The first kappa shape index (κ1) is 14.5. The number of nitrogens with zero attached hydrogens (tertiary/aromatic N) is 3. The Kier molecular flexibility index (Phi) is 4.25. The minimum Gasteiger partial charge on any atom is -0.340 e. The predicted octanol–water partition coefficient (Wildman–Crippen LogP) is 1.79. The van der Waals surface area contributed by atoms with Crippen molar-refractivity contribution >= 4 is 28.5 Å². The maximum atomic E-state index is 12.2. The SMILES string of the molecule is CN1CCN(c2nc(-c3ccccc3)c(I)c(=O)[nH]2)CC1. The third-order valence-electron chi connectivity index (χ3n) is 3.70. The smallest absolute Gasteiger partial charge is 0.266 e. The maximum absolute atomic E-state index is 12.2. The minimum absolute atomic E-state index is 0.0709. The minimum atomic E-state index is -0.0709. The van der Waals surface area contributed by atoms with Crippen molar-refractivity contribution in [2.75, 3.05) is 38.1 Å². The quantitative estimate of drug-likeness (QED) is 0.787. The molecule has 0 radical (unpaired) electrons. The Morgan fingerprint density at radius 3 is 2.48 bits per heavy atom. The molecular weight excluding hydrogens is 379 g/mol. The molecule has 2 heterocycles. The van der Waals surface area contributed by atoms with Gasteiger partial charge in [-0.3, -0.25) is 9.78 Å². The van der Waals surface area contributed by atoms with Crippen molar-refractivity contribution in [1.29, 1.82) is 0 Å². The van der Waals surface area contributed by atoms with Crippen molar-refractivity contribution in [3.63, 3.8) is 0 Å². The highest BCUT2D eigenvalue weighted by molar-refractivity contribution is 14.1. The fourth-order valence-electron chi connectivity index (χ4n) is 2.40. The first-order valence-corrected chi connectivity index (χ1v) is 8.02. The highest BCUT2D eigenvalue weighted by Crippen LogP contribution is 2.22. The van der Waals surface area contributed by atoms with E-state index in [4.69, 9.17) is 4.98 Å². The van der Waals surface area contributed by atoms with Crippen molar-refractivity contribution < 1.29 is 0 Å². The molecular formula is C15H17IN4O. The van der Waals surface area contributed by atoms with Crippen LogP contribution in [-0.4, -0.2) is 48.1 Å². The van der Waals surface area contributed by atoms with Gasteiger partial charge in [-0.1, -0.05) is 30.3 Å². The summed E-state index contributed by atoms with van der Waals surface area (Å²) in [5.74, 6) is 0.673. The van der Waals surface area contributed by atoms with E-state index in [1.807, 2.05) is 30.3 Å². The molecule has 6 heteroatoms. The number of halogens is 1. The van der Waals surface area contributed by atoms with Gasteiger partial charge in [0, 0.05) is 31.7 Å². The summed E-state index contributed by atoms with van der Waals surface area (Å²) in [6.45, 7) is 3.73. The summed E-state index contributed by atoms with van der Waals surface area (Å²) in [6.07, 6.45) is 0. The van der Waals surface area contributed by atoms with Gasteiger partial charge in [-0.15, -0.1) is 0 Å². The van der Waals surface area contributed by atoms with Gasteiger partial charge in [0.1, 0.15) is 3.57 Å². The maximum Gasteiger partial charge on any atom is 0.266 e. The van der Waals surface area contributed by atoms with Gasteiger partial charge in [-0.05, 0) is 29.6 Å². The Morgan fingerprint density at radius 2 is 1.81 bits per heavy atom. The van der Waals surface area contributed by atoms with Crippen LogP contribution in [0.1, 0.15) is 0 Å². The zero-order valence-corrected chi connectivity index (χ0v) is 14.0. The standard InChI is InChI=1S/C15H17IN4O/c1-19-7-9-20(10-8-19)15-17-13(12(16)14(21)18-15)11-5-3-2-4-6-11/h2-6H,7-10H2,1H3,(H,17,18,21). The Hall–Kier alpha value is -1.41. The second kappa shape index (κ2) is 6.15. The van der Waals surface area contributed by atoms with Crippen molar-refractivity contribution in [2.45, 2.75) is 0 Å². The molecule has 5 nitrogen and oxygen atoms in total. The normalized spacial score (nSPS) is 16.2. The van der Waals surface area contributed by atoms with Gasteiger partial charge in [0.15, 0.2) is 0 Å². The van der Waals surface area contributed by atoms with Gasteiger partial charge in [0.05, 0.1) is 5.69 Å². The summed E-state index contributed by atoms with van der Waals surface area (Å²) in [7, 11) is 2.11. The van der Waals surface area contributed by atoms with Gasteiger partial charge in [0.25, 0.3) is 5.56 Å². The third-order valence-corrected chi connectivity index (χ3v) is 4.70. The Labute approximate surface area is 137 Å². The van der Waals surface area contributed by atoms with E-state index in [1.165, 1.54) is 0 Å². The number of hydrogen-bond acceptors (Lipinski definition) is 4. The van der Waals surface area contributed by atoms with E-state index in [2.05, 4.69) is 44.4 Å². The lowest BCUT2D eigenvalue weighted by Crippen LogP contribution is -2.45. The molecule has 0 spiro atoms. The van der Waals surface area contributed by atoms with Crippen LogP contribution in [0.4, 0.5) is 5.95 Å². The average Bonchev–Trinajstić information content (AvgIpc) is 2.51. The summed E-state index contributed by atoms with van der Waals surface area (Å²) in [5.41, 5.74) is 1.66. The van der Waals surface area contributed by atoms with E-state index in [0.717, 1.165) is 37.4 Å². The number of aromatic nitrogens is 2. The number of hydrogen-bond donors (Lipinski definition) is 1. The Bertz CT molecular complexity index is 678. The number of aromatic amines is 1. The van der Waals surface area contributed by atoms with Crippen LogP contribution in [0.15, 0.2) is 35.1 Å². The number of rotatable bonds is 2. The second-order valence-corrected chi connectivity index (χ2v) is 6.29. The molecule has 2 aromatic rings. The van der Waals surface area contributed by atoms with E-state index < -0.39 is 0 Å². The first-order chi connectivity index (χ1) is 10.1. The highest BCUT2D eigenvalue weighted by atomic mass is 127. The molecule has 0 aliphatic carbocycles. The zero-order chi connectivity index (χ0) is 14.8. The lowest BCUT2D eigenvalue weighted by Gasteiger charge is -2.32. The summed E-state index contributed by atoms with van der Waals surface area (Å²) in [5, 5.41) is 0. The number of piperazine rings is 1. The van der Waals surface area contributed by atoms with Gasteiger partial charge in [-0.25, -0.2) is 4.98 Å². The van der Waals surface area contributed by atoms with Gasteiger partial charge in [0.2, 0.25) is 5.95 Å². The van der Waals surface area contributed by atoms with Gasteiger partial charge < -0.3 is 9.80 Å². The molecule has 1 saturated heterocycles. The molecule has 1 aromatic carbocycles. The summed E-state index contributed by atoms with van der Waals surface area (Å²) < 4.78 is 0.636. The van der Waals surface area contributed by atoms with Crippen molar-refractivity contribution in [3.05, 3.63) is 44.3 Å². The molecule has 1 aromatic heterocycles. The third kappa shape index (κ3) is 3.11. The van der Waals surface area contributed by atoms with E-state index >= 15 is 0 Å². The molecule has 1 N–H and O–H groups in total. The number of likely N-dealkylation sites (N-methyl/N-ethyl adjacent to an activating group) is 1. The Balaban J connectivity index is 2.00. The molecule has 21 heavy (non-hydrogen) atoms. The molecule has 110 valence electrons. The van der Waals surface area contributed by atoms with Crippen LogP contribution in [0.25, 0.3) is 11.3 Å². The Morgan fingerprint density at radius 1 is 1.14 bits per heavy atom. The van der Waals surface area contributed by atoms with Gasteiger partial charge >= 0.3 is 0 Å². The number of nitrogens with one attached hydrogen (secondary N) is 1. The van der Waals surface area contributed by atoms with Crippen LogP contribution in [0.3, 0.4) is 0 Å². The van der Waals surface area contributed by atoms with E-state index in [0.29, 0.717) is 9.52 Å². The summed E-state index contributed by atoms with van der Waals surface area (Å²) >= 11 is 2.07. The van der Waals surface area contributed by atoms with Crippen molar-refractivity contribution in [3.8, 4) is 11.3 Å². The molecule has 1 aliphatic rings. The molecule has 0 amide bonds. The summed E-state index contributed by atoms with van der Waals surface area (Å²) in [4.78, 5) is 24.2. The van der Waals surface area contributed by atoms with Crippen LogP contribution >= 0.6 is 22.6 Å². The monoisotopic (exact) mass is 396 g/mol. The van der Waals surface area contributed by atoms with Crippen molar-refractivity contribution in [2.24, 2.45) is 0 Å². The molecule has 0 unspecified atom stereocenters. The second-order valence-electron chi connectivity index (χ2n) is 5.21. The van der Waals surface area contributed by atoms with Crippen molar-refractivity contribution in [1.82, 2.24) is 14.9 Å². The number of H-pyrrole nitrogens is 1. The van der Waals surface area contributed by atoms with Crippen LogP contribution in [-0.2, 0) is 0 Å². The van der Waals surface area contributed by atoms with Gasteiger partial charge in [-0.2, -0.15) is 0 Å². The largest absolute Gasteiger partial charge is 0.340 e. The highest BCUT2D eigenvalue weighted by Gasteiger charge is 2.18. The zero-order valence-electron chi connectivity index (χ0n) is 11.8. The topological polar surface area (TPSA) is 52.2 Å². The molecule has 1 fully saturated rings. The fraction of sp³-hybridized carbons (Fsp3) is 0.333. The van der Waals surface area contributed by atoms with E-state index in [-0.39, 0.29) is 5.56 Å². The van der Waals surface area contributed by atoms with Crippen LogP contribution < -0.4 is 10.5 Å². The fourth-order valence-corrected chi connectivity index (χ4v) is 2.97. The van der Waals surface area contributed by atoms with Crippen LogP contribution in [0, 0.1) is 3.57 Å². The molecule has 3 rings (SSSR count). The molecule has 1 aliphatic heterocycles. The van der Waals surface area contributed by atoms with Crippen LogP contribution in [0.2, 0.25) is 0 Å².